The molecule has 34 heavy (non-hydrogen) atoms. The molecule has 0 bridgehead atoms. The summed E-state index contributed by atoms with van der Waals surface area (Å²) in [5.74, 6) is -0.469. The third kappa shape index (κ3) is 6.42. The molecule has 0 saturated carbocycles. The van der Waals surface area contributed by atoms with Crippen molar-refractivity contribution in [2.75, 3.05) is 18.5 Å². The van der Waals surface area contributed by atoms with Gasteiger partial charge in [0.2, 0.25) is 0 Å². The van der Waals surface area contributed by atoms with Crippen LogP contribution in [0.4, 0.5) is 5.82 Å². The summed E-state index contributed by atoms with van der Waals surface area (Å²) in [5, 5.41) is 15.5. The summed E-state index contributed by atoms with van der Waals surface area (Å²) in [4.78, 5) is 28.7. The number of benzene rings is 2. The molecule has 3 N–H and O–H groups in total. The maximum atomic E-state index is 12.3. The van der Waals surface area contributed by atoms with Crippen molar-refractivity contribution < 1.29 is 19.4 Å². The van der Waals surface area contributed by atoms with Gasteiger partial charge in [0.05, 0.1) is 13.2 Å². The van der Waals surface area contributed by atoms with Crippen molar-refractivity contribution in [2.45, 2.75) is 38.3 Å². The summed E-state index contributed by atoms with van der Waals surface area (Å²) in [5.41, 5.74) is 4.56. The third-order valence-electron chi connectivity index (χ3n) is 5.83. The Bertz CT molecular complexity index is 1120. The highest BCUT2D eigenvalue weighted by molar-refractivity contribution is 5.96. The summed E-state index contributed by atoms with van der Waals surface area (Å²) in [7, 11) is 0. The van der Waals surface area contributed by atoms with Crippen molar-refractivity contribution in [3.8, 4) is 0 Å². The molecule has 0 aliphatic carbocycles. The number of fused-ring (bicyclic) bond motifs is 1. The van der Waals surface area contributed by atoms with Crippen LogP contribution < -0.4 is 10.6 Å². The highest BCUT2D eigenvalue weighted by Crippen LogP contribution is 2.20. The van der Waals surface area contributed by atoms with Crippen LogP contribution in [0.5, 0.6) is 0 Å². The van der Waals surface area contributed by atoms with E-state index in [0.29, 0.717) is 18.8 Å². The Labute approximate surface area is 199 Å². The molecule has 1 aliphatic heterocycles. The number of aryl methyl sites for hydroxylation is 1. The zero-order chi connectivity index (χ0) is 23.8. The van der Waals surface area contributed by atoms with Crippen LogP contribution in [-0.2, 0) is 35.4 Å². The first-order valence-electron chi connectivity index (χ1n) is 11.6. The van der Waals surface area contributed by atoms with E-state index in [-0.39, 0.29) is 6.42 Å². The monoisotopic (exact) mass is 459 g/mol. The largest absolute Gasteiger partial charge is 0.480 e. The number of hydrogen-bond donors (Lipinski definition) is 3. The summed E-state index contributed by atoms with van der Waals surface area (Å²) >= 11 is 0. The molecule has 2 heterocycles. The Kier molecular flexibility index (Phi) is 7.88. The van der Waals surface area contributed by atoms with Gasteiger partial charge in [0, 0.05) is 30.6 Å². The number of rotatable bonds is 10. The molecular weight excluding hydrogens is 430 g/mol. The number of aliphatic carboxylic acids is 1. The van der Waals surface area contributed by atoms with Gasteiger partial charge in [-0.25, -0.2) is 9.78 Å². The molecule has 0 saturated heterocycles. The molecule has 176 valence electrons. The maximum Gasteiger partial charge on any atom is 0.326 e. The molecule has 1 aliphatic rings. The van der Waals surface area contributed by atoms with Gasteiger partial charge in [-0.05, 0) is 47.7 Å². The normalized spacial score (nSPS) is 13.4. The summed E-state index contributed by atoms with van der Waals surface area (Å²) in [6.45, 7) is 2.01. The fraction of sp³-hybridized carbons (Fsp3) is 0.296. The number of aromatic nitrogens is 1. The summed E-state index contributed by atoms with van der Waals surface area (Å²) < 4.78 is 5.82. The Balaban J connectivity index is 1.24. The second kappa shape index (κ2) is 11.4. The minimum absolute atomic E-state index is 0.201. The highest BCUT2D eigenvalue weighted by Gasteiger charge is 2.21. The van der Waals surface area contributed by atoms with Crippen LogP contribution in [0.25, 0.3) is 0 Å². The minimum atomic E-state index is -1.07. The van der Waals surface area contributed by atoms with Crippen LogP contribution >= 0.6 is 0 Å². The van der Waals surface area contributed by atoms with Crippen molar-refractivity contribution in [1.82, 2.24) is 10.3 Å². The number of ether oxygens (including phenoxy) is 1. The van der Waals surface area contributed by atoms with Crippen LogP contribution in [0.2, 0.25) is 0 Å². The van der Waals surface area contributed by atoms with Gasteiger partial charge in [0.25, 0.3) is 5.91 Å². The van der Waals surface area contributed by atoms with Gasteiger partial charge in [-0.1, -0.05) is 48.5 Å². The van der Waals surface area contributed by atoms with Crippen molar-refractivity contribution in [2.24, 2.45) is 0 Å². The van der Waals surface area contributed by atoms with Crippen molar-refractivity contribution in [1.29, 1.82) is 0 Å². The van der Waals surface area contributed by atoms with E-state index in [0.717, 1.165) is 48.4 Å². The van der Waals surface area contributed by atoms with E-state index in [2.05, 4.69) is 27.8 Å². The van der Waals surface area contributed by atoms with E-state index in [1.165, 1.54) is 5.56 Å². The number of amides is 1. The second-order valence-corrected chi connectivity index (χ2v) is 8.39. The number of pyridine rings is 1. The Morgan fingerprint density at radius 1 is 1.03 bits per heavy atom. The quantitative estimate of drug-likeness (QED) is 0.401. The number of carbonyl (C=O) groups is 2. The van der Waals surface area contributed by atoms with E-state index in [1.54, 1.807) is 30.3 Å². The fourth-order valence-corrected chi connectivity index (χ4v) is 3.91. The minimum Gasteiger partial charge on any atom is -0.480 e. The molecule has 0 fully saturated rings. The van der Waals surface area contributed by atoms with E-state index in [9.17, 15) is 14.7 Å². The van der Waals surface area contributed by atoms with Crippen LogP contribution in [0.1, 0.15) is 39.2 Å². The predicted octanol–water partition coefficient (Wildman–Crippen LogP) is 3.62. The highest BCUT2D eigenvalue weighted by atomic mass is 16.5. The average molecular weight is 460 g/mol. The molecule has 0 spiro atoms. The molecule has 4 rings (SSSR count). The van der Waals surface area contributed by atoms with E-state index in [4.69, 9.17) is 4.74 Å². The van der Waals surface area contributed by atoms with Crippen LogP contribution in [-0.4, -0.2) is 41.2 Å². The SMILES string of the molecule is O=C(NC(Cc1ccc(COCCc2ccc3c(n2)NCCC3)cc1)C(=O)O)c1ccccc1. The summed E-state index contributed by atoms with van der Waals surface area (Å²) in [6, 6.07) is 19.4. The number of anilines is 1. The number of nitrogens with one attached hydrogen (secondary N) is 2. The molecule has 2 aromatic carbocycles. The van der Waals surface area contributed by atoms with Gasteiger partial charge in [-0.3, -0.25) is 4.79 Å². The number of hydrogen-bond acceptors (Lipinski definition) is 5. The van der Waals surface area contributed by atoms with Crippen molar-refractivity contribution >= 4 is 17.7 Å². The Morgan fingerprint density at radius 3 is 2.56 bits per heavy atom. The predicted molar refractivity (Wildman–Crippen MR) is 130 cm³/mol. The van der Waals surface area contributed by atoms with Gasteiger partial charge in [0.15, 0.2) is 0 Å². The first-order chi connectivity index (χ1) is 16.6. The lowest BCUT2D eigenvalue weighted by Crippen LogP contribution is -2.42. The fourth-order valence-electron chi connectivity index (χ4n) is 3.91. The van der Waals surface area contributed by atoms with Gasteiger partial charge in [-0.15, -0.1) is 0 Å². The molecule has 1 unspecified atom stereocenters. The van der Waals surface area contributed by atoms with Crippen LogP contribution in [0, 0.1) is 0 Å². The molecule has 3 aromatic rings. The van der Waals surface area contributed by atoms with Crippen molar-refractivity contribution in [3.63, 3.8) is 0 Å². The standard InChI is InChI=1S/C27H29N3O4/c31-26(22-5-2-1-3-6-22)30-24(27(32)33)17-19-8-10-20(11-9-19)18-34-16-14-23-13-12-21-7-4-15-28-25(21)29-23/h1-3,5-6,8-13,24H,4,7,14-18H2,(H,28,29)(H,30,31)(H,32,33). The molecule has 1 aromatic heterocycles. The van der Waals surface area contributed by atoms with Crippen LogP contribution in [0.15, 0.2) is 66.7 Å². The second-order valence-electron chi connectivity index (χ2n) is 8.39. The lowest BCUT2D eigenvalue weighted by atomic mass is 10.0. The van der Waals surface area contributed by atoms with E-state index >= 15 is 0 Å². The zero-order valence-corrected chi connectivity index (χ0v) is 19.0. The molecule has 1 atom stereocenters. The maximum absolute atomic E-state index is 12.3. The number of carbonyl (C=O) groups excluding carboxylic acids is 1. The first-order valence-corrected chi connectivity index (χ1v) is 11.6. The Morgan fingerprint density at radius 2 is 1.79 bits per heavy atom. The van der Waals surface area contributed by atoms with Gasteiger partial charge >= 0.3 is 5.97 Å². The van der Waals surface area contributed by atoms with Gasteiger partial charge < -0.3 is 20.5 Å². The van der Waals surface area contributed by atoms with E-state index in [1.807, 2.05) is 24.3 Å². The van der Waals surface area contributed by atoms with Gasteiger partial charge in [0.1, 0.15) is 11.9 Å². The van der Waals surface area contributed by atoms with Gasteiger partial charge in [-0.2, -0.15) is 0 Å². The van der Waals surface area contributed by atoms with Crippen molar-refractivity contribution in [3.05, 3.63) is 94.7 Å². The topological polar surface area (TPSA) is 101 Å². The number of nitrogens with zero attached hydrogens (tertiary/aromatic N) is 1. The molecule has 0 radical (unpaired) electrons. The van der Waals surface area contributed by atoms with Crippen LogP contribution in [0.3, 0.4) is 0 Å². The molecule has 7 nitrogen and oxygen atoms in total. The zero-order valence-electron chi connectivity index (χ0n) is 19.0. The smallest absolute Gasteiger partial charge is 0.326 e. The lowest BCUT2D eigenvalue weighted by molar-refractivity contribution is -0.139. The molecular formula is C27H29N3O4. The number of carboxylic acids is 1. The third-order valence-corrected chi connectivity index (χ3v) is 5.83. The molecule has 7 heteroatoms. The first kappa shape index (κ1) is 23.4. The summed E-state index contributed by atoms with van der Waals surface area (Å²) in [6.07, 6.45) is 3.17. The average Bonchev–Trinajstić information content (AvgIpc) is 2.87. The molecule has 1 amide bonds. The number of carboxylic acid groups (broad SMARTS) is 1. The Hall–Kier alpha value is -3.71. The lowest BCUT2D eigenvalue weighted by Gasteiger charge is -2.17. The van der Waals surface area contributed by atoms with E-state index < -0.39 is 17.9 Å².